The van der Waals surface area contributed by atoms with E-state index in [4.69, 9.17) is 14.7 Å². The molecule has 12 rings (SSSR count). The summed E-state index contributed by atoms with van der Waals surface area (Å²) in [5.74, 6) is 2.87. The molecule has 0 saturated heterocycles. The van der Waals surface area contributed by atoms with Gasteiger partial charge in [-0.3, -0.25) is 0 Å². The second-order valence-corrected chi connectivity index (χ2v) is 19.4. The summed E-state index contributed by atoms with van der Waals surface area (Å²) in [6.45, 7) is 13.4. The Morgan fingerprint density at radius 3 is 1.37 bits per heavy atom. The van der Waals surface area contributed by atoms with Crippen LogP contribution in [0.5, 0.6) is 11.5 Å². The number of nitrogens with zero attached hydrogens (tertiary/aromatic N) is 5. The smallest absolute Gasteiger partial charge is 0.509 e. The van der Waals surface area contributed by atoms with Crippen molar-refractivity contribution in [3.8, 4) is 39.9 Å². The summed E-state index contributed by atoms with van der Waals surface area (Å²) in [7, 11) is 0. The first-order valence-electron chi connectivity index (χ1n) is 22.6. The minimum absolute atomic E-state index is 0. The second kappa shape index (κ2) is 16.0. The molecule has 67 heavy (non-hydrogen) atoms. The zero-order valence-electron chi connectivity index (χ0n) is 38.2. The Bertz CT molecular complexity index is 3880. The van der Waals surface area contributed by atoms with Crippen LogP contribution in [0, 0.1) is 12.1 Å². The maximum Gasteiger partial charge on any atom is 2.00 e. The van der Waals surface area contributed by atoms with Gasteiger partial charge < -0.3 is 18.4 Å². The molecule has 12 aromatic rings. The van der Waals surface area contributed by atoms with Crippen LogP contribution in [0.3, 0.4) is 0 Å². The van der Waals surface area contributed by atoms with Crippen LogP contribution in [0.25, 0.3) is 93.9 Å². The molecule has 328 valence electrons. The van der Waals surface area contributed by atoms with Crippen LogP contribution in [-0.4, -0.2) is 23.7 Å². The Morgan fingerprint density at radius 1 is 0.403 bits per heavy atom. The third-order valence-corrected chi connectivity index (χ3v) is 13.1. The third kappa shape index (κ3) is 7.14. The predicted molar refractivity (Wildman–Crippen MR) is 272 cm³/mol. The van der Waals surface area contributed by atoms with E-state index in [1.165, 1.54) is 32.9 Å². The topological polar surface area (TPSA) is 49.8 Å². The van der Waals surface area contributed by atoms with Crippen molar-refractivity contribution >= 4 is 65.4 Å². The Labute approximate surface area is 404 Å². The number of aromatic nitrogens is 5. The van der Waals surface area contributed by atoms with E-state index in [0.29, 0.717) is 11.5 Å². The zero-order valence-corrected chi connectivity index (χ0v) is 40.5. The van der Waals surface area contributed by atoms with Gasteiger partial charge in [0.15, 0.2) is 0 Å². The summed E-state index contributed by atoms with van der Waals surface area (Å²) in [5.41, 5.74) is 12.0. The van der Waals surface area contributed by atoms with Gasteiger partial charge in [-0.1, -0.05) is 125 Å². The number of ether oxygens (including phenoxy) is 1. The number of pyridine rings is 2. The van der Waals surface area contributed by atoms with E-state index in [2.05, 4.69) is 219 Å². The van der Waals surface area contributed by atoms with Crippen molar-refractivity contribution in [2.45, 2.75) is 52.4 Å². The summed E-state index contributed by atoms with van der Waals surface area (Å²) >= 11 is 0. The van der Waals surface area contributed by atoms with E-state index in [9.17, 15) is 0 Å². The Kier molecular flexibility index (Phi) is 10.1. The maximum absolute atomic E-state index is 6.75. The summed E-state index contributed by atoms with van der Waals surface area (Å²) in [6.07, 6.45) is 3.82. The number of para-hydroxylation sites is 3. The molecule has 7 heteroatoms. The SMILES string of the molecule is CC(C)(C)c1ccnc(-n2c3[c-]c(Oc4[c-]c5c(cc4)c4cc(-c6ccc7c(c6)c6ccccc6n7-c6ccccc6)ccc4n5-c4cc(C(C)(C)C)ccn4)ccc3c3ccccc32)c1.[Pt+2]. The number of hydrogen-bond acceptors (Lipinski definition) is 3. The average Bonchev–Trinajstić information content (AvgIpc) is 3.96. The molecule has 5 aromatic heterocycles. The van der Waals surface area contributed by atoms with Gasteiger partial charge in [0.2, 0.25) is 0 Å². The molecule has 0 aliphatic carbocycles. The summed E-state index contributed by atoms with van der Waals surface area (Å²) in [5, 5.41) is 6.85. The Hall–Kier alpha value is -7.27. The van der Waals surface area contributed by atoms with Crippen LogP contribution in [0.1, 0.15) is 52.7 Å². The molecule has 0 radical (unpaired) electrons. The Morgan fingerprint density at radius 2 is 0.836 bits per heavy atom. The predicted octanol–water partition coefficient (Wildman–Crippen LogP) is 15.4. The molecule has 0 spiro atoms. The number of hydrogen-bond donors (Lipinski definition) is 0. The molecular formula is C60H47N5OPt. The maximum atomic E-state index is 6.75. The average molecular weight is 1050 g/mol. The van der Waals surface area contributed by atoms with Crippen molar-refractivity contribution in [3.63, 3.8) is 0 Å². The van der Waals surface area contributed by atoms with Gasteiger partial charge in [0, 0.05) is 51.4 Å². The second-order valence-electron chi connectivity index (χ2n) is 19.4. The van der Waals surface area contributed by atoms with Gasteiger partial charge in [0.1, 0.15) is 11.6 Å². The van der Waals surface area contributed by atoms with Crippen LogP contribution in [0.2, 0.25) is 0 Å². The third-order valence-electron chi connectivity index (χ3n) is 13.1. The van der Waals surface area contributed by atoms with Crippen molar-refractivity contribution in [2.24, 2.45) is 0 Å². The fourth-order valence-corrected chi connectivity index (χ4v) is 9.71. The molecule has 0 fully saturated rings. The van der Waals surface area contributed by atoms with E-state index in [1.807, 2.05) is 24.5 Å². The van der Waals surface area contributed by atoms with Gasteiger partial charge in [0.05, 0.1) is 11.0 Å². The van der Waals surface area contributed by atoms with Crippen LogP contribution in [-0.2, 0) is 31.9 Å². The molecule has 0 aliphatic heterocycles. The quantitative estimate of drug-likeness (QED) is 0.156. The van der Waals surface area contributed by atoms with Gasteiger partial charge in [-0.2, -0.15) is 12.1 Å². The fourth-order valence-electron chi connectivity index (χ4n) is 9.71. The standard InChI is InChI=1S/C60H47N5O.Pt/c1-59(2,3)40-28-30-61-57(34-40)64-52-19-13-10-16-45(52)47-24-22-43(36-55(47)64)66-44-23-25-48-50-33-39(21-27-54(50)65(56(48)37-44)58-35-41(29-31-62-58)60(4,5)6)38-20-26-53-49(32-38)46-17-11-12-18-51(46)63(53)42-14-8-7-9-15-42;/h7-35H,1-6H3;/q-2;+2. The van der Waals surface area contributed by atoms with Crippen LogP contribution >= 0.6 is 0 Å². The molecule has 0 bridgehead atoms. The van der Waals surface area contributed by atoms with E-state index < -0.39 is 0 Å². The monoisotopic (exact) mass is 1050 g/mol. The normalized spacial score (nSPS) is 12.2. The molecule has 5 heterocycles. The van der Waals surface area contributed by atoms with Crippen molar-refractivity contribution in [3.05, 3.63) is 199 Å². The van der Waals surface area contributed by atoms with Crippen LogP contribution in [0.15, 0.2) is 176 Å². The molecule has 0 N–H and O–H groups in total. The van der Waals surface area contributed by atoms with Crippen LogP contribution in [0.4, 0.5) is 0 Å². The molecule has 0 saturated carbocycles. The molecule has 0 unspecified atom stereocenters. The number of rotatable bonds is 6. The van der Waals surface area contributed by atoms with Gasteiger partial charge in [0.25, 0.3) is 0 Å². The molecular weight excluding hydrogens is 1000 g/mol. The molecule has 6 nitrogen and oxygen atoms in total. The first-order valence-corrected chi connectivity index (χ1v) is 22.6. The summed E-state index contributed by atoms with van der Waals surface area (Å²) in [6, 6.07) is 65.7. The minimum Gasteiger partial charge on any atom is -0.509 e. The van der Waals surface area contributed by atoms with Crippen molar-refractivity contribution in [1.29, 1.82) is 0 Å². The van der Waals surface area contributed by atoms with Gasteiger partial charge >= 0.3 is 21.1 Å². The number of benzene rings is 7. The first kappa shape index (κ1) is 42.4. The first-order chi connectivity index (χ1) is 32.0. The molecule has 0 amide bonds. The zero-order chi connectivity index (χ0) is 44.9. The van der Waals surface area contributed by atoms with E-state index >= 15 is 0 Å². The van der Waals surface area contributed by atoms with E-state index in [-0.39, 0.29) is 31.9 Å². The van der Waals surface area contributed by atoms with Crippen LogP contribution < -0.4 is 4.74 Å². The fraction of sp³-hybridized carbons (Fsp3) is 0.133. The largest absolute Gasteiger partial charge is 2.00 e. The summed E-state index contributed by atoms with van der Waals surface area (Å²) < 4.78 is 13.5. The minimum atomic E-state index is -0.0651. The molecule has 7 aromatic carbocycles. The van der Waals surface area contributed by atoms with Gasteiger partial charge in [-0.25, -0.2) is 9.97 Å². The Balaban J connectivity index is 0.00000494. The van der Waals surface area contributed by atoms with Crippen molar-refractivity contribution < 1.29 is 25.8 Å². The van der Waals surface area contributed by atoms with Crippen molar-refractivity contribution in [2.75, 3.05) is 0 Å². The summed E-state index contributed by atoms with van der Waals surface area (Å²) in [4.78, 5) is 9.85. The van der Waals surface area contributed by atoms with Crippen molar-refractivity contribution in [1.82, 2.24) is 23.7 Å². The van der Waals surface area contributed by atoms with E-state index in [1.54, 1.807) is 0 Å². The molecule has 0 aliphatic rings. The molecule has 0 atom stereocenters. The number of fused-ring (bicyclic) bond motifs is 9. The van der Waals surface area contributed by atoms with E-state index in [0.717, 1.165) is 72.1 Å². The van der Waals surface area contributed by atoms with Gasteiger partial charge in [-0.15, -0.1) is 35.0 Å². The van der Waals surface area contributed by atoms with Gasteiger partial charge in [-0.05, 0) is 111 Å².